The summed E-state index contributed by atoms with van der Waals surface area (Å²) in [6.45, 7) is 0. The van der Waals surface area contributed by atoms with Crippen LogP contribution in [0, 0.1) is 10.1 Å². The Morgan fingerprint density at radius 1 is 1.19 bits per heavy atom. The fraction of sp³-hybridized carbons (Fsp3) is 0.400. The Morgan fingerprint density at radius 2 is 1.95 bits per heavy atom. The second kappa shape index (κ2) is 7.42. The van der Waals surface area contributed by atoms with Crippen LogP contribution >= 0.6 is 0 Å². The van der Waals surface area contributed by atoms with Gasteiger partial charge < -0.3 is 9.47 Å². The van der Waals surface area contributed by atoms with E-state index < -0.39 is 11.1 Å². The smallest absolute Gasteiger partial charge is 0.426 e. The van der Waals surface area contributed by atoms with E-state index in [9.17, 15) is 14.9 Å². The second-order valence-corrected chi connectivity index (χ2v) is 4.83. The number of carbonyl (C=O) groups excluding carboxylic acids is 1. The maximum absolute atomic E-state index is 11.7. The Kier molecular flexibility index (Phi) is 5.31. The van der Waals surface area contributed by atoms with Crippen molar-refractivity contribution in [1.29, 1.82) is 0 Å². The minimum absolute atomic E-state index is 0.0568. The van der Waals surface area contributed by atoms with E-state index >= 15 is 0 Å². The first-order valence-corrected chi connectivity index (χ1v) is 6.95. The third-order valence-corrected chi connectivity index (χ3v) is 3.21. The Hall–Kier alpha value is -2.37. The molecule has 0 saturated carbocycles. The summed E-state index contributed by atoms with van der Waals surface area (Å²) in [4.78, 5) is 21.7. The number of hydrogen-bond donors (Lipinski definition) is 0. The van der Waals surface area contributed by atoms with Gasteiger partial charge in [0, 0.05) is 12.1 Å². The summed E-state index contributed by atoms with van der Waals surface area (Å²) in [5.74, 6) is 0.223. The van der Waals surface area contributed by atoms with Crippen molar-refractivity contribution in [3.63, 3.8) is 0 Å². The number of rotatable bonds is 3. The monoisotopic (exact) mass is 291 g/mol. The van der Waals surface area contributed by atoms with Crippen molar-refractivity contribution in [1.82, 2.24) is 0 Å². The van der Waals surface area contributed by atoms with Crippen LogP contribution in [0.4, 0.5) is 10.5 Å². The molecule has 0 saturated heterocycles. The van der Waals surface area contributed by atoms with E-state index in [0.717, 1.165) is 32.1 Å². The summed E-state index contributed by atoms with van der Waals surface area (Å²) < 4.78 is 10.2. The lowest BCUT2D eigenvalue weighted by molar-refractivity contribution is -0.384. The van der Waals surface area contributed by atoms with Crippen LogP contribution in [0.15, 0.2) is 36.4 Å². The number of hydrogen-bond acceptors (Lipinski definition) is 5. The van der Waals surface area contributed by atoms with E-state index in [-0.39, 0.29) is 17.5 Å². The van der Waals surface area contributed by atoms with Crippen LogP contribution < -0.4 is 4.74 Å². The molecule has 2 rings (SSSR count). The van der Waals surface area contributed by atoms with Gasteiger partial charge in [0.1, 0.15) is 11.9 Å². The molecule has 21 heavy (non-hydrogen) atoms. The molecule has 0 aliphatic heterocycles. The van der Waals surface area contributed by atoms with Gasteiger partial charge in [-0.2, -0.15) is 0 Å². The molecule has 0 fully saturated rings. The summed E-state index contributed by atoms with van der Waals surface area (Å²) in [5, 5.41) is 10.5. The Bertz CT molecular complexity index is 523. The lowest BCUT2D eigenvalue weighted by Gasteiger charge is -2.15. The van der Waals surface area contributed by atoms with E-state index in [1.165, 1.54) is 24.3 Å². The van der Waals surface area contributed by atoms with Gasteiger partial charge >= 0.3 is 6.16 Å². The molecule has 1 atom stereocenters. The molecule has 6 heteroatoms. The molecule has 0 heterocycles. The lowest BCUT2D eigenvalue weighted by Crippen LogP contribution is -2.19. The first kappa shape index (κ1) is 15.0. The highest BCUT2D eigenvalue weighted by atomic mass is 16.7. The minimum atomic E-state index is -0.793. The topological polar surface area (TPSA) is 78.7 Å². The van der Waals surface area contributed by atoms with Crippen molar-refractivity contribution in [2.45, 2.75) is 38.2 Å². The fourth-order valence-electron chi connectivity index (χ4n) is 2.11. The van der Waals surface area contributed by atoms with Crippen molar-refractivity contribution in [2.75, 3.05) is 0 Å². The molecule has 0 spiro atoms. The van der Waals surface area contributed by atoms with E-state index in [4.69, 9.17) is 9.47 Å². The summed E-state index contributed by atoms with van der Waals surface area (Å²) in [6.07, 6.45) is 7.93. The largest absolute Gasteiger partial charge is 0.514 e. The summed E-state index contributed by atoms with van der Waals surface area (Å²) >= 11 is 0. The highest BCUT2D eigenvalue weighted by molar-refractivity contribution is 5.64. The summed E-state index contributed by atoms with van der Waals surface area (Å²) in [6, 6.07) is 5.29. The molecule has 112 valence electrons. The molecule has 0 aromatic heterocycles. The van der Waals surface area contributed by atoms with Gasteiger partial charge in [-0.05, 0) is 43.9 Å². The maximum Gasteiger partial charge on any atom is 0.514 e. The zero-order valence-corrected chi connectivity index (χ0v) is 11.6. The minimum Gasteiger partial charge on any atom is -0.426 e. The highest BCUT2D eigenvalue weighted by Gasteiger charge is 2.15. The standard InChI is InChI=1S/C15H17NO5/c17-15(20-13-6-4-2-1-3-5-7-13)21-14-10-8-12(9-11-14)16(18)19/h4,6,8-11,13H,1-3,5,7H2/b6-4-/t13-/m1/s1. The predicted octanol–water partition coefficient (Wildman–Crippen LogP) is 4.00. The van der Waals surface area contributed by atoms with Crippen molar-refractivity contribution >= 4 is 11.8 Å². The molecule has 0 amide bonds. The SMILES string of the molecule is O=C(Oc1ccc([N+](=O)[O-])cc1)O[C@@H]1/C=C\CCCCC1. The molecule has 1 aliphatic rings. The number of carbonyl (C=O) groups is 1. The Morgan fingerprint density at radius 3 is 2.67 bits per heavy atom. The van der Waals surface area contributed by atoms with Crippen molar-refractivity contribution in [2.24, 2.45) is 0 Å². The van der Waals surface area contributed by atoms with Crippen LogP contribution in [-0.4, -0.2) is 17.2 Å². The molecule has 0 bridgehead atoms. The van der Waals surface area contributed by atoms with Gasteiger partial charge in [0.15, 0.2) is 0 Å². The fourth-order valence-corrected chi connectivity index (χ4v) is 2.11. The van der Waals surface area contributed by atoms with Gasteiger partial charge in [0.05, 0.1) is 4.92 Å². The zero-order valence-electron chi connectivity index (χ0n) is 11.6. The second-order valence-electron chi connectivity index (χ2n) is 4.83. The normalized spacial score (nSPS) is 19.9. The van der Waals surface area contributed by atoms with Gasteiger partial charge in [-0.1, -0.05) is 12.5 Å². The quantitative estimate of drug-likeness (QED) is 0.276. The number of allylic oxidation sites excluding steroid dienone is 1. The molecule has 1 aromatic carbocycles. The third kappa shape index (κ3) is 4.91. The lowest BCUT2D eigenvalue weighted by atomic mass is 10.0. The molecule has 0 unspecified atom stereocenters. The van der Waals surface area contributed by atoms with Gasteiger partial charge in [0.25, 0.3) is 5.69 Å². The number of nitrogens with zero attached hydrogens (tertiary/aromatic N) is 1. The summed E-state index contributed by atoms with van der Waals surface area (Å²) in [7, 11) is 0. The van der Waals surface area contributed by atoms with Crippen LogP contribution in [0.2, 0.25) is 0 Å². The number of non-ortho nitro benzene ring substituents is 1. The molecule has 0 N–H and O–H groups in total. The molecular weight excluding hydrogens is 274 g/mol. The molecule has 1 aliphatic carbocycles. The predicted molar refractivity (Wildman–Crippen MR) is 76.2 cm³/mol. The van der Waals surface area contributed by atoms with Crippen molar-refractivity contribution < 1.29 is 19.2 Å². The van der Waals surface area contributed by atoms with Crippen molar-refractivity contribution in [3.05, 3.63) is 46.5 Å². The van der Waals surface area contributed by atoms with Crippen LogP contribution in [0.25, 0.3) is 0 Å². The Labute approximate surface area is 122 Å². The maximum atomic E-state index is 11.7. The Balaban J connectivity index is 1.88. The molecular formula is C15H17NO5. The van der Waals surface area contributed by atoms with Gasteiger partial charge in [-0.3, -0.25) is 10.1 Å². The number of nitro groups is 1. The average molecular weight is 291 g/mol. The molecule has 1 aromatic rings. The van der Waals surface area contributed by atoms with Crippen LogP contribution in [-0.2, 0) is 4.74 Å². The van der Waals surface area contributed by atoms with Gasteiger partial charge in [-0.25, -0.2) is 4.79 Å². The van der Waals surface area contributed by atoms with Crippen molar-refractivity contribution in [3.8, 4) is 5.75 Å². The molecule has 0 radical (unpaired) electrons. The third-order valence-electron chi connectivity index (χ3n) is 3.21. The van der Waals surface area contributed by atoms with Crippen LogP contribution in [0.3, 0.4) is 0 Å². The van der Waals surface area contributed by atoms with E-state index in [1.807, 2.05) is 12.2 Å². The number of nitro benzene ring substituents is 1. The van der Waals surface area contributed by atoms with E-state index in [0.29, 0.717) is 0 Å². The first-order valence-electron chi connectivity index (χ1n) is 6.95. The number of ether oxygens (including phenoxy) is 2. The van der Waals surface area contributed by atoms with E-state index in [1.54, 1.807) is 0 Å². The summed E-state index contributed by atoms with van der Waals surface area (Å²) in [5.41, 5.74) is -0.0568. The van der Waals surface area contributed by atoms with Gasteiger partial charge in [-0.15, -0.1) is 0 Å². The highest BCUT2D eigenvalue weighted by Crippen LogP contribution is 2.19. The van der Waals surface area contributed by atoms with Crippen LogP contribution in [0.5, 0.6) is 5.75 Å². The average Bonchev–Trinajstić information content (AvgIpc) is 2.42. The van der Waals surface area contributed by atoms with Crippen LogP contribution in [0.1, 0.15) is 32.1 Å². The molecule has 6 nitrogen and oxygen atoms in total. The van der Waals surface area contributed by atoms with Gasteiger partial charge in [0.2, 0.25) is 0 Å². The first-order chi connectivity index (χ1) is 10.1. The zero-order chi connectivity index (χ0) is 15.1. The van der Waals surface area contributed by atoms with E-state index in [2.05, 4.69) is 0 Å². The number of benzene rings is 1.